The van der Waals surface area contributed by atoms with Gasteiger partial charge in [-0.05, 0) is 22.6 Å². The molecule has 0 radical (unpaired) electrons. The SMILES string of the molecule is Cn1cc(CN2CCN(C(=O)c3nn(C)cc3I)CC2)cn1. The number of piperazine rings is 1. The van der Waals surface area contributed by atoms with Gasteiger partial charge >= 0.3 is 0 Å². The molecular weight excluding hydrogens is 395 g/mol. The second-order valence-electron chi connectivity index (χ2n) is 5.59. The Labute approximate surface area is 143 Å². The molecule has 2 aromatic heterocycles. The molecule has 1 saturated heterocycles. The summed E-state index contributed by atoms with van der Waals surface area (Å²) in [5, 5.41) is 8.46. The smallest absolute Gasteiger partial charge is 0.275 e. The maximum atomic E-state index is 12.5. The maximum Gasteiger partial charge on any atom is 0.275 e. The van der Waals surface area contributed by atoms with Gasteiger partial charge in [0.2, 0.25) is 0 Å². The number of halogens is 1. The fourth-order valence-corrected chi connectivity index (χ4v) is 3.42. The molecule has 0 unspecified atom stereocenters. The standard InChI is InChI=1S/C14H19IN6O/c1-18-8-11(7-16-18)9-20-3-5-21(6-4-20)14(22)13-12(15)10-19(2)17-13/h7-8,10H,3-6,9H2,1-2H3. The lowest BCUT2D eigenvalue weighted by molar-refractivity contribution is 0.0621. The predicted octanol–water partition coefficient (Wildman–Crippen LogP) is 0.716. The first kappa shape index (κ1) is 15.5. The second kappa shape index (κ2) is 6.37. The van der Waals surface area contributed by atoms with Crippen molar-refractivity contribution in [1.29, 1.82) is 0 Å². The van der Waals surface area contributed by atoms with Crippen LogP contribution in [0, 0.1) is 3.57 Å². The second-order valence-corrected chi connectivity index (χ2v) is 6.75. The van der Waals surface area contributed by atoms with Crippen LogP contribution < -0.4 is 0 Å². The number of carbonyl (C=O) groups is 1. The molecule has 1 aliphatic rings. The molecule has 0 aliphatic carbocycles. The Kier molecular flexibility index (Phi) is 4.48. The van der Waals surface area contributed by atoms with Crippen LogP contribution in [0.3, 0.4) is 0 Å². The highest BCUT2D eigenvalue weighted by atomic mass is 127. The topological polar surface area (TPSA) is 59.2 Å². The van der Waals surface area contributed by atoms with Crippen molar-refractivity contribution in [3.8, 4) is 0 Å². The summed E-state index contributed by atoms with van der Waals surface area (Å²) in [6.07, 6.45) is 5.80. The molecule has 8 heteroatoms. The monoisotopic (exact) mass is 414 g/mol. The zero-order chi connectivity index (χ0) is 15.7. The van der Waals surface area contributed by atoms with Crippen LogP contribution in [0.4, 0.5) is 0 Å². The third-order valence-corrected chi connectivity index (χ3v) is 4.60. The fourth-order valence-electron chi connectivity index (χ4n) is 2.68. The van der Waals surface area contributed by atoms with Crippen molar-refractivity contribution in [3.05, 3.63) is 33.4 Å². The van der Waals surface area contributed by atoms with Crippen molar-refractivity contribution < 1.29 is 4.79 Å². The number of amides is 1. The zero-order valence-corrected chi connectivity index (χ0v) is 14.9. The van der Waals surface area contributed by atoms with Gasteiger partial charge in [-0.25, -0.2) is 0 Å². The van der Waals surface area contributed by atoms with E-state index in [1.54, 1.807) is 4.68 Å². The van der Waals surface area contributed by atoms with Gasteiger partial charge in [-0.2, -0.15) is 10.2 Å². The maximum absolute atomic E-state index is 12.5. The van der Waals surface area contributed by atoms with Crippen LogP contribution in [0.15, 0.2) is 18.6 Å². The normalized spacial score (nSPS) is 16.2. The average molecular weight is 414 g/mol. The molecular formula is C14H19IN6O. The van der Waals surface area contributed by atoms with Crippen molar-refractivity contribution >= 4 is 28.5 Å². The molecule has 0 spiro atoms. The van der Waals surface area contributed by atoms with Gasteiger partial charge < -0.3 is 4.90 Å². The van der Waals surface area contributed by atoms with Gasteiger partial charge in [-0.15, -0.1) is 0 Å². The van der Waals surface area contributed by atoms with Gasteiger partial charge in [0.1, 0.15) is 0 Å². The van der Waals surface area contributed by atoms with Gasteiger partial charge in [0.25, 0.3) is 5.91 Å². The summed E-state index contributed by atoms with van der Waals surface area (Å²) in [5.41, 5.74) is 1.77. The van der Waals surface area contributed by atoms with Crippen LogP contribution in [0.5, 0.6) is 0 Å². The lowest BCUT2D eigenvalue weighted by atomic mass is 10.2. The third kappa shape index (κ3) is 3.32. The van der Waals surface area contributed by atoms with Crippen molar-refractivity contribution in [2.45, 2.75) is 6.54 Å². The molecule has 7 nitrogen and oxygen atoms in total. The summed E-state index contributed by atoms with van der Waals surface area (Å²) >= 11 is 2.16. The van der Waals surface area contributed by atoms with E-state index in [1.165, 1.54) is 5.56 Å². The molecule has 3 heterocycles. The van der Waals surface area contributed by atoms with Gasteiger partial charge in [-0.3, -0.25) is 19.1 Å². The Morgan fingerprint density at radius 3 is 2.45 bits per heavy atom. The minimum atomic E-state index is 0.0334. The van der Waals surface area contributed by atoms with Crippen LogP contribution in [0.1, 0.15) is 16.1 Å². The number of aromatic nitrogens is 4. The molecule has 1 fully saturated rings. The molecule has 22 heavy (non-hydrogen) atoms. The minimum Gasteiger partial charge on any atom is -0.335 e. The lowest BCUT2D eigenvalue weighted by Gasteiger charge is -2.34. The Hall–Kier alpha value is -1.42. The van der Waals surface area contributed by atoms with Crippen LogP contribution in [-0.2, 0) is 20.6 Å². The minimum absolute atomic E-state index is 0.0334. The molecule has 0 aromatic carbocycles. The van der Waals surface area contributed by atoms with E-state index in [2.05, 4.69) is 37.7 Å². The molecule has 1 aliphatic heterocycles. The summed E-state index contributed by atoms with van der Waals surface area (Å²) in [7, 11) is 3.76. The highest BCUT2D eigenvalue weighted by Crippen LogP contribution is 2.14. The molecule has 118 valence electrons. The Morgan fingerprint density at radius 1 is 1.18 bits per heavy atom. The van der Waals surface area contributed by atoms with Crippen LogP contribution in [0.25, 0.3) is 0 Å². The average Bonchev–Trinajstić information content (AvgIpc) is 3.04. The number of hydrogen-bond donors (Lipinski definition) is 0. The van der Waals surface area contributed by atoms with Gasteiger partial charge in [0, 0.05) is 64.8 Å². The molecule has 3 rings (SSSR count). The first-order chi connectivity index (χ1) is 10.5. The van der Waals surface area contributed by atoms with E-state index < -0.39 is 0 Å². The van der Waals surface area contributed by atoms with E-state index >= 15 is 0 Å². The van der Waals surface area contributed by atoms with E-state index in [4.69, 9.17) is 0 Å². The summed E-state index contributed by atoms with van der Waals surface area (Å²) in [6.45, 7) is 4.13. The predicted molar refractivity (Wildman–Crippen MR) is 90.3 cm³/mol. The lowest BCUT2D eigenvalue weighted by Crippen LogP contribution is -2.48. The number of aryl methyl sites for hydroxylation is 2. The van der Waals surface area contributed by atoms with Crippen molar-refractivity contribution in [3.63, 3.8) is 0 Å². The highest BCUT2D eigenvalue weighted by Gasteiger charge is 2.25. The first-order valence-corrected chi connectivity index (χ1v) is 8.29. The summed E-state index contributed by atoms with van der Waals surface area (Å²) in [5.74, 6) is 0.0334. The number of hydrogen-bond acceptors (Lipinski definition) is 4. The van der Waals surface area contributed by atoms with E-state index in [0.29, 0.717) is 5.69 Å². The van der Waals surface area contributed by atoms with Gasteiger partial charge in [0.15, 0.2) is 5.69 Å². The summed E-state index contributed by atoms with van der Waals surface area (Å²) in [4.78, 5) is 16.8. The van der Waals surface area contributed by atoms with Crippen LogP contribution >= 0.6 is 22.6 Å². The van der Waals surface area contributed by atoms with Gasteiger partial charge in [-0.1, -0.05) is 0 Å². The number of nitrogens with zero attached hydrogens (tertiary/aromatic N) is 6. The largest absolute Gasteiger partial charge is 0.335 e. The molecule has 0 atom stereocenters. The van der Waals surface area contributed by atoms with Crippen molar-refractivity contribution in [2.24, 2.45) is 14.1 Å². The zero-order valence-electron chi connectivity index (χ0n) is 12.7. The first-order valence-electron chi connectivity index (χ1n) is 7.21. The van der Waals surface area contributed by atoms with Gasteiger partial charge in [0.05, 0.1) is 9.77 Å². The van der Waals surface area contributed by atoms with Crippen molar-refractivity contribution in [2.75, 3.05) is 26.2 Å². The van der Waals surface area contributed by atoms with Crippen LogP contribution in [0.2, 0.25) is 0 Å². The van der Waals surface area contributed by atoms with E-state index in [1.807, 2.05) is 42.3 Å². The third-order valence-electron chi connectivity index (χ3n) is 3.81. The van der Waals surface area contributed by atoms with Crippen molar-refractivity contribution in [1.82, 2.24) is 29.4 Å². The quantitative estimate of drug-likeness (QED) is 0.695. The fraction of sp³-hybridized carbons (Fsp3) is 0.500. The Bertz CT molecular complexity index is 671. The summed E-state index contributed by atoms with van der Waals surface area (Å²) in [6, 6.07) is 0. The van der Waals surface area contributed by atoms with Crippen LogP contribution in [-0.4, -0.2) is 61.4 Å². The highest BCUT2D eigenvalue weighted by molar-refractivity contribution is 14.1. The van der Waals surface area contributed by atoms with E-state index in [0.717, 1.165) is 36.3 Å². The molecule has 2 aromatic rings. The number of rotatable bonds is 3. The van der Waals surface area contributed by atoms with E-state index in [9.17, 15) is 4.79 Å². The molecule has 0 saturated carbocycles. The summed E-state index contributed by atoms with van der Waals surface area (Å²) < 4.78 is 4.41. The number of carbonyl (C=O) groups excluding carboxylic acids is 1. The molecule has 0 N–H and O–H groups in total. The van der Waals surface area contributed by atoms with E-state index in [-0.39, 0.29) is 5.91 Å². The molecule has 0 bridgehead atoms. The Balaban J connectivity index is 1.57. The molecule has 1 amide bonds. The Morgan fingerprint density at radius 2 is 1.91 bits per heavy atom.